The molecule has 1 unspecified atom stereocenters. The number of nitrogens with two attached hydrogens (primary N) is 1. The normalized spacial score (nSPS) is 12.4. The maximum absolute atomic E-state index is 11.7. The number of benzene rings is 1. The van der Waals surface area contributed by atoms with Gasteiger partial charge in [-0.05, 0) is 31.0 Å². The van der Waals surface area contributed by atoms with Crippen molar-refractivity contribution in [2.75, 3.05) is 21.2 Å². The second-order valence-electron chi connectivity index (χ2n) is 4.94. The molecule has 0 radical (unpaired) electrons. The number of methoxy groups -OCH3 is 1. The predicted molar refractivity (Wildman–Crippen MR) is 75.8 cm³/mol. The van der Waals surface area contributed by atoms with E-state index in [2.05, 4.69) is 5.43 Å². The van der Waals surface area contributed by atoms with Crippen molar-refractivity contribution in [3.8, 4) is 5.75 Å². The Bertz CT molecular complexity index is 458. The lowest BCUT2D eigenvalue weighted by molar-refractivity contribution is -0.125. The Morgan fingerprint density at radius 1 is 1.42 bits per heavy atom. The second kappa shape index (κ2) is 6.54. The highest BCUT2D eigenvalue weighted by Gasteiger charge is 2.18. The van der Waals surface area contributed by atoms with Crippen LogP contribution >= 0.6 is 0 Å². The molecule has 1 amide bonds. The van der Waals surface area contributed by atoms with Crippen LogP contribution in [0.15, 0.2) is 12.1 Å². The number of aryl methyl sites for hydroxylation is 2. The Balaban J connectivity index is 2.93. The lowest BCUT2D eigenvalue weighted by atomic mass is 9.96. The number of nitrogens with zero attached hydrogens (tertiary/aromatic N) is 1. The maximum Gasteiger partial charge on any atom is 0.236 e. The highest BCUT2D eigenvalue weighted by Crippen LogP contribution is 2.30. The van der Waals surface area contributed by atoms with Gasteiger partial charge in [0.1, 0.15) is 5.75 Å². The van der Waals surface area contributed by atoms with Crippen LogP contribution in [0.25, 0.3) is 0 Å². The Morgan fingerprint density at radius 3 is 2.58 bits per heavy atom. The highest BCUT2D eigenvalue weighted by atomic mass is 16.5. The summed E-state index contributed by atoms with van der Waals surface area (Å²) in [6.45, 7) is 3.98. The fourth-order valence-electron chi connectivity index (χ4n) is 2.18. The van der Waals surface area contributed by atoms with Crippen LogP contribution < -0.4 is 15.9 Å². The first-order valence-corrected chi connectivity index (χ1v) is 6.22. The molecule has 0 saturated carbocycles. The number of nitrogens with one attached hydrogen (secondary N) is 1. The summed E-state index contributed by atoms with van der Waals surface area (Å²) in [5.41, 5.74) is 11.9. The molecular weight excluding hydrogens is 242 g/mol. The van der Waals surface area contributed by atoms with Crippen molar-refractivity contribution < 1.29 is 9.53 Å². The number of hydrogen-bond donors (Lipinski definition) is 2. The lowest BCUT2D eigenvalue weighted by Gasteiger charge is -2.20. The number of hydrazine groups is 1. The van der Waals surface area contributed by atoms with E-state index in [9.17, 15) is 4.79 Å². The van der Waals surface area contributed by atoms with E-state index in [0.717, 1.165) is 22.4 Å². The van der Waals surface area contributed by atoms with Crippen LogP contribution in [0.3, 0.4) is 0 Å². The molecule has 106 valence electrons. The number of carbonyl (C=O) groups excluding carboxylic acids is 1. The van der Waals surface area contributed by atoms with E-state index in [1.165, 1.54) is 0 Å². The van der Waals surface area contributed by atoms with Crippen molar-refractivity contribution >= 4 is 5.91 Å². The average molecular weight is 265 g/mol. The molecule has 0 aliphatic carbocycles. The Hall–Kier alpha value is -1.59. The fourth-order valence-corrected chi connectivity index (χ4v) is 2.18. The average Bonchev–Trinajstić information content (AvgIpc) is 2.25. The van der Waals surface area contributed by atoms with Gasteiger partial charge in [0.2, 0.25) is 5.91 Å². The van der Waals surface area contributed by atoms with Gasteiger partial charge in [-0.1, -0.05) is 6.07 Å². The number of amides is 1. The zero-order valence-electron chi connectivity index (χ0n) is 12.3. The van der Waals surface area contributed by atoms with E-state index in [-0.39, 0.29) is 18.4 Å². The van der Waals surface area contributed by atoms with Gasteiger partial charge in [0.05, 0.1) is 7.11 Å². The standard InChI is InChI=1S/C14H23N3O2/c1-9-6-10(2)14(12(7-9)19-5)11(15)8-13(18)16-17(3)4/h6-7,11H,8,15H2,1-5H3,(H,16,18). The summed E-state index contributed by atoms with van der Waals surface area (Å²) >= 11 is 0. The van der Waals surface area contributed by atoms with Crippen molar-refractivity contribution in [2.24, 2.45) is 5.73 Å². The minimum atomic E-state index is -0.379. The third-order valence-corrected chi connectivity index (χ3v) is 2.84. The lowest BCUT2D eigenvalue weighted by Crippen LogP contribution is -2.37. The van der Waals surface area contributed by atoms with E-state index in [4.69, 9.17) is 10.5 Å². The van der Waals surface area contributed by atoms with Crippen LogP contribution in [0.5, 0.6) is 5.75 Å². The molecule has 1 aromatic carbocycles. The zero-order valence-corrected chi connectivity index (χ0v) is 12.3. The largest absolute Gasteiger partial charge is 0.496 e. The van der Waals surface area contributed by atoms with E-state index < -0.39 is 0 Å². The van der Waals surface area contributed by atoms with Crippen molar-refractivity contribution in [3.63, 3.8) is 0 Å². The van der Waals surface area contributed by atoms with Gasteiger partial charge in [0.15, 0.2) is 0 Å². The summed E-state index contributed by atoms with van der Waals surface area (Å²) in [6.07, 6.45) is 0.221. The summed E-state index contributed by atoms with van der Waals surface area (Å²) < 4.78 is 5.37. The van der Waals surface area contributed by atoms with Gasteiger partial charge in [0, 0.05) is 32.1 Å². The van der Waals surface area contributed by atoms with E-state index in [1.807, 2.05) is 26.0 Å². The van der Waals surface area contributed by atoms with Crippen LogP contribution in [0.1, 0.15) is 29.2 Å². The minimum absolute atomic E-state index is 0.112. The number of hydrogen-bond acceptors (Lipinski definition) is 4. The molecule has 5 nitrogen and oxygen atoms in total. The highest BCUT2D eigenvalue weighted by molar-refractivity contribution is 5.76. The molecule has 0 aliphatic heterocycles. The van der Waals surface area contributed by atoms with Crippen LogP contribution in [0, 0.1) is 13.8 Å². The van der Waals surface area contributed by atoms with Gasteiger partial charge in [-0.2, -0.15) is 0 Å². The van der Waals surface area contributed by atoms with Crippen LogP contribution in [-0.4, -0.2) is 32.1 Å². The topological polar surface area (TPSA) is 67.6 Å². The number of rotatable bonds is 5. The van der Waals surface area contributed by atoms with Crippen LogP contribution in [-0.2, 0) is 4.79 Å². The fraction of sp³-hybridized carbons (Fsp3) is 0.500. The predicted octanol–water partition coefficient (Wildman–Crippen LogP) is 1.29. The molecule has 0 heterocycles. The zero-order chi connectivity index (χ0) is 14.6. The third kappa shape index (κ3) is 4.22. The maximum atomic E-state index is 11.7. The van der Waals surface area contributed by atoms with Crippen LogP contribution in [0.4, 0.5) is 0 Å². The summed E-state index contributed by atoms with van der Waals surface area (Å²) in [4.78, 5) is 11.7. The number of ether oxygens (including phenoxy) is 1. The monoisotopic (exact) mass is 265 g/mol. The van der Waals surface area contributed by atoms with Gasteiger partial charge >= 0.3 is 0 Å². The Kier molecular flexibility index (Phi) is 5.32. The SMILES string of the molecule is COc1cc(C)cc(C)c1C(N)CC(=O)NN(C)C. The quantitative estimate of drug-likeness (QED) is 0.787. The third-order valence-electron chi connectivity index (χ3n) is 2.84. The van der Waals surface area contributed by atoms with Gasteiger partial charge in [-0.3, -0.25) is 10.2 Å². The molecule has 0 aliphatic rings. The van der Waals surface area contributed by atoms with Gasteiger partial charge < -0.3 is 10.5 Å². The van der Waals surface area contributed by atoms with Gasteiger partial charge in [-0.25, -0.2) is 5.01 Å². The van der Waals surface area contributed by atoms with E-state index >= 15 is 0 Å². The van der Waals surface area contributed by atoms with E-state index in [1.54, 1.807) is 26.2 Å². The first-order valence-electron chi connectivity index (χ1n) is 6.22. The molecule has 1 rings (SSSR count). The van der Waals surface area contributed by atoms with Crippen molar-refractivity contribution in [1.29, 1.82) is 0 Å². The first-order chi connectivity index (χ1) is 8.85. The Labute approximate surface area is 114 Å². The summed E-state index contributed by atoms with van der Waals surface area (Å²) in [5, 5.41) is 1.61. The molecule has 1 atom stereocenters. The van der Waals surface area contributed by atoms with Crippen molar-refractivity contribution in [3.05, 3.63) is 28.8 Å². The summed E-state index contributed by atoms with van der Waals surface area (Å²) in [7, 11) is 5.15. The molecule has 3 N–H and O–H groups in total. The molecule has 0 aromatic heterocycles. The molecular formula is C14H23N3O2. The number of carbonyl (C=O) groups is 1. The Morgan fingerprint density at radius 2 is 2.05 bits per heavy atom. The van der Waals surface area contributed by atoms with Gasteiger partial charge in [-0.15, -0.1) is 0 Å². The van der Waals surface area contributed by atoms with Crippen molar-refractivity contribution in [1.82, 2.24) is 10.4 Å². The first kappa shape index (κ1) is 15.5. The molecule has 1 aromatic rings. The molecule has 0 fully saturated rings. The molecule has 0 saturated heterocycles. The second-order valence-corrected chi connectivity index (χ2v) is 4.94. The minimum Gasteiger partial charge on any atom is -0.496 e. The molecule has 5 heteroatoms. The van der Waals surface area contributed by atoms with Gasteiger partial charge in [0.25, 0.3) is 0 Å². The smallest absolute Gasteiger partial charge is 0.236 e. The molecule has 19 heavy (non-hydrogen) atoms. The van der Waals surface area contributed by atoms with Crippen molar-refractivity contribution in [2.45, 2.75) is 26.3 Å². The molecule has 0 spiro atoms. The summed E-state index contributed by atoms with van der Waals surface area (Å²) in [6, 6.07) is 3.60. The van der Waals surface area contributed by atoms with Crippen LogP contribution in [0.2, 0.25) is 0 Å². The summed E-state index contributed by atoms with van der Waals surface area (Å²) in [5.74, 6) is 0.627. The molecule has 0 bridgehead atoms. The van der Waals surface area contributed by atoms with E-state index in [0.29, 0.717) is 0 Å².